The summed E-state index contributed by atoms with van der Waals surface area (Å²) >= 11 is 0. The van der Waals surface area contributed by atoms with Gasteiger partial charge in [-0.1, -0.05) is 6.08 Å². The number of H-pyrrole nitrogens is 1. The van der Waals surface area contributed by atoms with Crippen LogP contribution < -0.4 is 20.0 Å². The van der Waals surface area contributed by atoms with Gasteiger partial charge < -0.3 is 0 Å². The number of hydrazone groups is 1. The van der Waals surface area contributed by atoms with Crippen LogP contribution in [0.5, 0.6) is 0 Å². The summed E-state index contributed by atoms with van der Waals surface area (Å²) in [5, 5.41) is 26.7. The summed E-state index contributed by atoms with van der Waals surface area (Å²) in [6.07, 6.45) is 5.92. The molecular formula is C25H20N8O6S2. The summed E-state index contributed by atoms with van der Waals surface area (Å²) in [6, 6.07) is 15.4. The van der Waals surface area contributed by atoms with E-state index in [0.717, 1.165) is 22.2 Å². The van der Waals surface area contributed by atoms with Crippen LogP contribution in [-0.4, -0.2) is 50.7 Å². The van der Waals surface area contributed by atoms with E-state index in [4.69, 9.17) is 0 Å². The van der Waals surface area contributed by atoms with Gasteiger partial charge in [-0.05, 0) is 60.7 Å². The minimum absolute atomic E-state index is 0.0191. The van der Waals surface area contributed by atoms with Crippen molar-refractivity contribution in [2.24, 2.45) is 5.10 Å². The van der Waals surface area contributed by atoms with Gasteiger partial charge in [-0.15, -0.1) is 0 Å². The predicted octanol–water partition coefficient (Wildman–Crippen LogP) is 1.65. The van der Waals surface area contributed by atoms with Gasteiger partial charge in [0.2, 0.25) is 20.0 Å². The monoisotopic (exact) mass is 592 g/mol. The van der Waals surface area contributed by atoms with Crippen LogP contribution in [0, 0.1) is 22.7 Å². The molecule has 1 aromatic heterocycles. The molecule has 1 amide bonds. The van der Waals surface area contributed by atoms with E-state index in [1.54, 1.807) is 0 Å². The van der Waals surface area contributed by atoms with Gasteiger partial charge >= 0.3 is 0 Å². The Balaban J connectivity index is 1.59. The van der Waals surface area contributed by atoms with Crippen molar-refractivity contribution in [3.63, 3.8) is 0 Å². The number of hydrogen-bond acceptors (Lipinski definition) is 9. The van der Waals surface area contributed by atoms with Gasteiger partial charge in [0.05, 0.1) is 35.0 Å². The van der Waals surface area contributed by atoms with Crippen molar-refractivity contribution < 1.29 is 21.6 Å². The van der Waals surface area contributed by atoms with Crippen molar-refractivity contribution in [3.05, 3.63) is 87.9 Å². The van der Waals surface area contributed by atoms with Crippen LogP contribution in [-0.2, 0) is 24.8 Å². The molecule has 0 unspecified atom stereocenters. The molecule has 16 heteroatoms. The molecule has 4 rings (SSSR count). The second-order valence-corrected chi connectivity index (χ2v) is 12.1. The molecule has 0 spiro atoms. The van der Waals surface area contributed by atoms with Crippen LogP contribution in [0.15, 0.2) is 76.2 Å². The summed E-state index contributed by atoms with van der Waals surface area (Å²) < 4.78 is 51.3. The van der Waals surface area contributed by atoms with Gasteiger partial charge in [-0.25, -0.2) is 21.5 Å². The Morgan fingerprint density at radius 1 is 0.854 bits per heavy atom. The fraction of sp³-hybridized carbons (Fsp3) is 0.0800. The van der Waals surface area contributed by atoms with Crippen molar-refractivity contribution in [1.82, 2.24) is 9.78 Å². The number of hydrogen-bond donors (Lipinski definition) is 3. The van der Waals surface area contributed by atoms with Gasteiger partial charge in [0, 0.05) is 11.4 Å². The summed E-state index contributed by atoms with van der Waals surface area (Å²) in [6.45, 7) is 0. The fourth-order valence-corrected chi connectivity index (χ4v) is 4.84. The third kappa shape index (κ3) is 6.59. The van der Waals surface area contributed by atoms with Crippen LogP contribution in [0.3, 0.4) is 0 Å². The first kappa shape index (κ1) is 28.6. The number of rotatable bonds is 8. The minimum Gasteiger partial charge on any atom is -0.284 e. The van der Waals surface area contributed by atoms with Gasteiger partial charge in [0.1, 0.15) is 17.8 Å². The number of nitrogens with one attached hydrogen (secondary N) is 3. The molecule has 2 heterocycles. The number of carbonyl (C=O) groups is 1. The minimum atomic E-state index is -3.49. The molecule has 1 aliphatic rings. The van der Waals surface area contributed by atoms with Crippen molar-refractivity contribution in [2.45, 2.75) is 0 Å². The second kappa shape index (κ2) is 11.0. The number of aromatic nitrogens is 2. The quantitative estimate of drug-likeness (QED) is 0.327. The average Bonchev–Trinajstić information content (AvgIpc) is 3.39. The van der Waals surface area contributed by atoms with Crippen molar-refractivity contribution in [3.8, 4) is 17.8 Å². The smallest absolute Gasteiger partial charge is 0.281 e. The molecule has 0 aliphatic carbocycles. The molecule has 0 atom stereocenters. The lowest BCUT2D eigenvalue weighted by Gasteiger charge is -2.12. The maximum absolute atomic E-state index is 13.0. The SMILES string of the molecule is CS(=O)(=O)Nc1ccc(N2N=C(C#N)C(=CC=Cc3c(C#N)[nH]n(-c4ccc(NS(C)(=O)=O)cc4)c3=O)C2=O)cc1. The highest BCUT2D eigenvalue weighted by atomic mass is 32.2. The van der Waals surface area contributed by atoms with Crippen LogP contribution in [0.1, 0.15) is 11.3 Å². The van der Waals surface area contributed by atoms with Gasteiger partial charge in [-0.3, -0.25) is 24.1 Å². The van der Waals surface area contributed by atoms with E-state index < -0.39 is 31.5 Å². The molecule has 1 aliphatic heterocycles. The van der Waals surface area contributed by atoms with Gasteiger partial charge in [-0.2, -0.15) is 20.6 Å². The molecule has 3 aromatic rings. The zero-order valence-corrected chi connectivity index (χ0v) is 23.0. The van der Waals surface area contributed by atoms with E-state index in [-0.39, 0.29) is 39.6 Å². The second-order valence-electron chi connectivity index (χ2n) is 8.61. The van der Waals surface area contributed by atoms with Gasteiger partial charge in [0.25, 0.3) is 11.5 Å². The third-order valence-corrected chi connectivity index (χ3v) is 6.60. The first-order chi connectivity index (χ1) is 19.3. The fourth-order valence-electron chi connectivity index (χ4n) is 3.71. The predicted molar refractivity (Wildman–Crippen MR) is 152 cm³/mol. The number of sulfonamides is 2. The third-order valence-electron chi connectivity index (χ3n) is 5.39. The van der Waals surface area contributed by atoms with Crippen molar-refractivity contribution >= 4 is 54.8 Å². The Kier molecular flexibility index (Phi) is 7.64. The lowest BCUT2D eigenvalue weighted by Crippen LogP contribution is -2.21. The van der Waals surface area contributed by atoms with E-state index in [9.17, 15) is 36.9 Å². The number of anilines is 3. The maximum Gasteiger partial charge on any atom is 0.281 e. The van der Waals surface area contributed by atoms with E-state index in [2.05, 4.69) is 19.6 Å². The zero-order chi connectivity index (χ0) is 29.9. The Bertz CT molecular complexity index is 1990. The maximum atomic E-state index is 13.0. The lowest BCUT2D eigenvalue weighted by molar-refractivity contribution is -0.114. The Hall–Kier alpha value is -5.45. The number of carbonyl (C=O) groups excluding carboxylic acids is 1. The van der Waals surface area contributed by atoms with Crippen molar-refractivity contribution in [2.75, 3.05) is 27.0 Å². The zero-order valence-electron chi connectivity index (χ0n) is 21.4. The Morgan fingerprint density at radius 3 is 1.88 bits per heavy atom. The first-order valence-corrected chi connectivity index (χ1v) is 15.2. The molecule has 3 N–H and O–H groups in total. The number of amides is 1. The highest BCUT2D eigenvalue weighted by Gasteiger charge is 2.31. The number of benzene rings is 2. The lowest BCUT2D eigenvalue weighted by atomic mass is 10.1. The number of aromatic amines is 1. The normalized spacial score (nSPS) is 14.6. The van der Waals surface area contributed by atoms with E-state index in [1.807, 2.05) is 12.1 Å². The van der Waals surface area contributed by atoms with E-state index >= 15 is 0 Å². The van der Waals surface area contributed by atoms with Crippen molar-refractivity contribution in [1.29, 1.82) is 10.5 Å². The molecule has 0 saturated heterocycles. The molecule has 14 nitrogen and oxygen atoms in total. The van der Waals surface area contributed by atoms with Crippen LogP contribution in [0.25, 0.3) is 11.8 Å². The summed E-state index contributed by atoms with van der Waals surface area (Å²) in [4.78, 5) is 26.0. The molecule has 0 fully saturated rings. The molecular weight excluding hydrogens is 572 g/mol. The molecule has 41 heavy (non-hydrogen) atoms. The standard InChI is InChI=1S/C25H20N8O6S2/c1-40(36,37)30-16-6-10-18(11-7-16)32-24(34)20(22(14-26)28-32)4-3-5-21-23(15-27)29-33(25(21)35)19-12-8-17(9-13-19)31-41(2,38)39/h3-13,28,30-31H,1-2H3. The molecule has 0 bridgehead atoms. The number of allylic oxidation sites excluding steroid dienone is 2. The Morgan fingerprint density at radius 2 is 1.39 bits per heavy atom. The number of nitriles is 2. The highest BCUT2D eigenvalue weighted by molar-refractivity contribution is 7.92. The number of nitrogens with zero attached hydrogens (tertiary/aromatic N) is 5. The highest BCUT2D eigenvalue weighted by Crippen LogP contribution is 2.25. The average molecular weight is 593 g/mol. The molecule has 0 saturated carbocycles. The van der Waals surface area contributed by atoms with Crippen LogP contribution in [0.2, 0.25) is 0 Å². The van der Waals surface area contributed by atoms with Gasteiger partial charge in [0.15, 0.2) is 5.71 Å². The first-order valence-electron chi connectivity index (χ1n) is 11.4. The van der Waals surface area contributed by atoms with Crippen LogP contribution in [0.4, 0.5) is 17.1 Å². The van der Waals surface area contributed by atoms with E-state index in [0.29, 0.717) is 5.69 Å². The molecule has 208 valence electrons. The molecule has 2 aromatic carbocycles. The largest absolute Gasteiger partial charge is 0.284 e. The summed E-state index contributed by atoms with van der Waals surface area (Å²) in [7, 11) is -6.98. The summed E-state index contributed by atoms with van der Waals surface area (Å²) in [5.74, 6) is -0.634. The Labute approximate surface area is 234 Å². The van der Waals surface area contributed by atoms with Crippen LogP contribution >= 0.6 is 0 Å². The topological polar surface area (TPSA) is 210 Å². The summed E-state index contributed by atoms with van der Waals surface area (Å²) in [5.41, 5.74) is 0.255. The molecule has 0 radical (unpaired) electrons. The van der Waals surface area contributed by atoms with E-state index in [1.165, 1.54) is 66.8 Å².